The molecule has 0 saturated carbocycles. The number of H-pyrrole nitrogens is 1. The van der Waals surface area contributed by atoms with Gasteiger partial charge in [-0.05, 0) is 30.3 Å². The number of benzene rings is 2. The number of alkyl halides is 3. The first kappa shape index (κ1) is 19.0. The van der Waals surface area contributed by atoms with Crippen LogP contribution in [0.4, 0.5) is 17.6 Å². The van der Waals surface area contributed by atoms with Gasteiger partial charge in [0.2, 0.25) is 0 Å². The Hall–Kier alpha value is -4.02. The van der Waals surface area contributed by atoms with Crippen LogP contribution in [0.2, 0.25) is 0 Å². The molecule has 3 aromatic heterocycles. The number of hydrogen-bond acceptors (Lipinski definition) is 5. The van der Waals surface area contributed by atoms with Crippen LogP contribution in [0.1, 0.15) is 11.5 Å². The molecule has 156 valence electrons. The lowest BCUT2D eigenvalue weighted by Gasteiger charge is -2.08. The van der Waals surface area contributed by atoms with E-state index in [1.54, 1.807) is 0 Å². The van der Waals surface area contributed by atoms with Crippen LogP contribution in [0.15, 0.2) is 54.9 Å². The van der Waals surface area contributed by atoms with Gasteiger partial charge in [-0.3, -0.25) is 0 Å². The minimum atomic E-state index is -4.63. The summed E-state index contributed by atoms with van der Waals surface area (Å²) in [6.45, 7) is -0.00302. The van der Waals surface area contributed by atoms with Gasteiger partial charge in [0.15, 0.2) is 17.3 Å². The molecule has 31 heavy (non-hydrogen) atoms. The highest BCUT2D eigenvalue weighted by Gasteiger charge is 2.33. The average Bonchev–Trinajstić information content (AvgIpc) is 3.36. The lowest BCUT2D eigenvalue weighted by Crippen LogP contribution is -2.11. The van der Waals surface area contributed by atoms with E-state index in [-0.39, 0.29) is 18.1 Å². The van der Waals surface area contributed by atoms with E-state index < -0.39 is 17.7 Å². The summed E-state index contributed by atoms with van der Waals surface area (Å²) in [5.41, 5.74) is 1.23. The number of halogens is 4. The molecule has 0 fully saturated rings. The Kier molecular flexibility index (Phi) is 4.31. The molecule has 0 aliphatic rings. The van der Waals surface area contributed by atoms with Crippen LogP contribution in [-0.2, 0) is 12.8 Å². The fourth-order valence-corrected chi connectivity index (χ4v) is 3.10. The van der Waals surface area contributed by atoms with E-state index in [0.717, 1.165) is 15.5 Å². The molecule has 0 bridgehead atoms. The predicted octanol–water partition coefficient (Wildman–Crippen LogP) is 4.40. The molecule has 0 atom stereocenters. The second kappa shape index (κ2) is 7.04. The zero-order chi connectivity index (χ0) is 21.6. The molecular formula is C20H12F4N6O. The fraction of sp³-hybridized carbons (Fsp3) is 0.100. The Labute approximate surface area is 171 Å². The van der Waals surface area contributed by atoms with Crippen LogP contribution in [0.3, 0.4) is 0 Å². The van der Waals surface area contributed by atoms with Crippen LogP contribution in [0, 0.1) is 5.82 Å². The van der Waals surface area contributed by atoms with Gasteiger partial charge in [0.05, 0.1) is 29.1 Å². The van der Waals surface area contributed by atoms with Gasteiger partial charge in [0.1, 0.15) is 12.4 Å². The first-order chi connectivity index (χ1) is 14.9. The molecule has 5 aromatic rings. The number of aromatic nitrogens is 6. The Morgan fingerprint density at radius 3 is 2.68 bits per heavy atom. The number of aromatic amines is 1. The van der Waals surface area contributed by atoms with E-state index in [0.29, 0.717) is 23.3 Å². The summed E-state index contributed by atoms with van der Waals surface area (Å²) in [5, 5.41) is 3.78. The highest BCUT2D eigenvalue weighted by atomic mass is 19.4. The van der Waals surface area contributed by atoms with Gasteiger partial charge in [-0.15, -0.1) is 0 Å². The van der Waals surface area contributed by atoms with Gasteiger partial charge < -0.3 is 9.72 Å². The SMILES string of the molecule is Fc1ccc(-c2cnc3nc(C(F)(F)F)cnn23)cc1OCc1nc2ccccc2[nH]1. The molecule has 0 saturated heterocycles. The van der Waals surface area contributed by atoms with Crippen molar-refractivity contribution in [2.45, 2.75) is 12.8 Å². The number of nitrogens with zero attached hydrogens (tertiary/aromatic N) is 5. The van der Waals surface area contributed by atoms with Crippen LogP contribution in [0.5, 0.6) is 5.75 Å². The van der Waals surface area contributed by atoms with Crippen molar-refractivity contribution in [1.29, 1.82) is 0 Å². The summed E-state index contributed by atoms with van der Waals surface area (Å²) < 4.78 is 59.5. The molecule has 5 rings (SSSR count). The van der Waals surface area contributed by atoms with Crippen molar-refractivity contribution in [3.63, 3.8) is 0 Å². The van der Waals surface area contributed by atoms with Gasteiger partial charge in [-0.1, -0.05) is 12.1 Å². The average molecular weight is 428 g/mol. The number of rotatable bonds is 4. The summed E-state index contributed by atoms with van der Waals surface area (Å²) >= 11 is 0. The smallest absolute Gasteiger partial charge is 0.435 e. The van der Waals surface area contributed by atoms with Gasteiger partial charge in [-0.25, -0.2) is 19.3 Å². The second-order valence-corrected chi connectivity index (χ2v) is 6.63. The lowest BCUT2D eigenvalue weighted by atomic mass is 10.1. The molecule has 7 nitrogen and oxygen atoms in total. The number of ether oxygens (including phenoxy) is 1. The highest BCUT2D eigenvalue weighted by Crippen LogP contribution is 2.30. The molecule has 2 aromatic carbocycles. The van der Waals surface area contributed by atoms with Crippen molar-refractivity contribution < 1.29 is 22.3 Å². The zero-order valence-electron chi connectivity index (χ0n) is 15.6. The molecule has 0 radical (unpaired) electrons. The molecule has 0 amide bonds. The summed E-state index contributed by atoms with van der Waals surface area (Å²) in [6, 6.07) is 11.5. The van der Waals surface area contributed by atoms with E-state index in [4.69, 9.17) is 4.74 Å². The Morgan fingerprint density at radius 2 is 1.87 bits per heavy atom. The third kappa shape index (κ3) is 3.54. The van der Waals surface area contributed by atoms with Gasteiger partial charge in [-0.2, -0.15) is 22.8 Å². The maximum atomic E-state index is 14.3. The molecule has 0 aliphatic heterocycles. The van der Waals surface area contributed by atoms with Crippen molar-refractivity contribution in [3.8, 4) is 17.0 Å². The maximum absolute atomic E-state index is 14.3. The first-order valence-corrected chi connectivity index (χ1v) is 9.03. The Bertz CT molecular complexity index is 1380. The topological polar surface area (TPSA) is 81.0 Å². The maximum Gasteiger partial charge on any atom is 0.435 e. The summed E-state index contributed by atoms with van der Waals surface area (Å²) in [5.74, 6) is -0.350. The quantitative estimate of drug-likeness (QED) is 0.429. The van der Waals surface area contributed by atoms with Crippen molar-refractivity contribution in [1.82, 2.24) is 29.5 Å². The van der Waals surface area contributed by atoms with Crippen molar-refractivity contribution in [2.24, 2.45) is 0 Å². The lowest BCUT2D eigenvalue weighted by molar-refractivity contribution is -0.141. The highest BCUT2D eigenvalue weighted by molar-refractivity contribution is 5.74. The monoisotopic (exact) mass is 428 g/mol. The Balaban J connectivity index is 1.44. The van der Waals surface area contributed by atoms with E-state index >= 15 is 0 Å². The molecule has 11 heteroatoms. The van der Waals surface area contributed by atoms with Crippen LogP contribution in [0.25, 0.3) is 28.1 Å². The summed E-state index contributed by atoms with van der Waals surface area (Å²) in [4.78, 5) is 14.8. The number of para-hydroxylation sites is 2. The van der Waals surface area contributed by atoms with Gasteiger partial charge in [0.25, 0.3) is 5.78 Å². The molecule has 1 N–H and O–H groups in total. The molecule has 0 aliphatic carbocycles. The third-order valence-electron chi connectivity index (χ3n) is 4.56. The van der Waals surface area contributed by atoms with E-state index in [1.807, 2.05) is 24.3 Å². The minimum Gasteiger partial charge on any atom is -0.483 e. The largest absolute Gasteiger partial charge is 0.483 e. The van der Waals surface area contributed by atoms with E-state index in [2.05, 4.69) is 25.0 Å². The van der Waals surface area contributed by atoms with Crippen molar-refractivity contribution in [2.75, 3.05) is 0 Å². The normalized spacial score (nSPS) is 12.0. The van der Waals surface area contributed by atoms with Crippen LogP contribution >= 0.6 is 0 Å². The third-order valence-corrected chi connectivity index (χ3v) is 4.56. The Morgan fingerprint density at radius 1 is 1.03 bits per heavy atom. The van der Waals surface area contributed by atoms with E-state index in [9.17, 15) is 17.6 Å². The van der Waals surface area contributed by atoms with Gasteiger partial charge in [0, 0.05) is 5.56 Å². The van der Waals surface area contributed by atoms with E-state index in [1.165, 1.54) is 24.4 Å². The van der Waals surface area contributed by atoms with Crippen molar-refractivity contribution in [3.05, 3.63) is 72.2 Å². The summed E-state index contributed by atoms with van der Waals surface area (Å²) in [7, 11) is 0. The van der Waals surface area contributed by atoms with Crippen LogP contribution < -0.4 is 4.74 Å². The summed E-state index contributed by atoms with van der Waals surface area (Å²) in [6.07, 6.45) is -2.71. The number of nitrogens with one attached hydrogen (secondary N) is 1. The molecular weight excluding hydrogens is 416 g/mol. The number of hydrogen-bond donors (Lipinski definition) is 1. The minimum absolute atomic E-state index is 0.00302. The van der Waals surface area contributed by atoms with Crippen molar-refractivity contribution >= 4 is 16.8 Å². The molecule has 0 spiro atoms. The first-order valence-electron chi connectivity index (χ1n) is 9.03. The standard InChI is InChI=1S/C20H12F4N6O/c21-12-6-5-11(15-8-25-19-29-17(20(22,23)24)9-26-30(15)19)7-16(12)31-10-18-27-13-3-1-2-4-14(13)28-18/h1-9H,10H2,(H,27,28). The number of imidazole rings is 2. The zero-order valence-corrected chi connectivity index (χ0v) is 15.6. The van der Waals surface area contributed by atoms with Crippen LogP contribution in [-0.4, -0.2) is 29.5 Å². The molecule has 0 unspecified atom stereocenters. The fourth-order valence-electron chi connectivity index (χ4n) is 3.10. The van der Waals surface area contributed by atoms with Gasteiger partial charge >= 0.3 is 6.18 Å². The second-order valence-electron chi connectivity index (χ2n) is 6.63. The molecule has 3 heterocycles. The predicted molar refractivity (Wildman–Crippen MR) is 102 cm³/mol. The number of fused-ring (bicyclic) bond motifs is 2.